The number of amides is 1. The van der Waals surface area contributed by atoms with E-state index in [1.54, 1.807) is 11.3 Å². The molecule has 1 aliphatic carbocycles. The lowest BCUT2D eigenvalue weighted by Crippen LogP contribution is -2.38. The van der Waals surface area contributed by atoms with Gasteiger partial charge in [0.15, 0.2) is 5.13 Å². The highest BCUT2D eigenvalue weighted by Crippen LogP contribution is 2.42. The molecule has 1 saturated heterocycles. The van der Waals surface area contributed by atoms with Crippen molar-refractivity contribution in [3.8, 4) is 21.8 Å². The van der Waals surface area contributed by atoms with Crippen molar-refractivity contribution in [3.05, 3.63) is 29.6 Å². The molecule has 0 spiro atoms. The number of hydrogen-bond acceptors (Lipinski definition) is 8. The van der Waals surface area contributed by atoms with Gasteiger partial charge in [-0.1, -0.05) is 11.3 Å². The molecule has 0 unspecified atom stereocenters. The third-order valence-electron chi connectivity index (χ3n) is 6.21. The van der Waals surface area contributed by atoms with Crippen LogP contribution in [0.2, 0.25) is 0 Å². The molecule has 9 nitrogen and oxygen atoms in total. The molecular weight excluding hydrogens is 450 g/mol. The van der Waals surface area contributed by atoms with E-state index in [1.165, 1.54) is 12.5 Å². The van der Waals surface area contributed by atoms with Crippen LogP contribution in [0.25, 0.3) is 21.8 Å². The average Bonchev–Trinajstić information content (AvgIpc) is 3.34. The number of carbonyl (C=O) groups excluding carboxylic acids is 1. The van der Waals surface area contributed by atoms with Crippen LogP contribution >= 0.6 is 11.3 Å². The second kappa shape index (κ2) is 10.2. The number of fused-ring (bicyclic) bond motifs is 3. The summed E-state index contributed by atoms with van der Waals surface area (Å²) >= 11 is 1.55. The fraction of sp³-hybridized carbons (Fsp3) is 0.500. The summed E-state index contributed by atoms with van der Waals surface area (Å²) in [5, 5.41) is 11.9. The van der Waals surface area contributed by atoms with Crippen LogP contribution in [-0.4, -0.2) is 69.9 Å². The maximum absolute atomic E-state index is 11.7. The van der Waals surface area contributed by atoms with Crippen molar-refractivity contribution in [2.45, 2.75) is 39.7 Å². The van der Waals surface area contributed by atoms with E-state index in [4.69, 9.17) is 14.8 Å². The van der Waals surface area contributed by atoms with Crippen molar-refractivity contribution in [1.29, 1.82) is 0 Å². The molecule has 2 aliphatic rings. The summed E-state index contributed by atoms with van der Waals surface area (Å²) in [7, 11) is 0. The van der Waals surface area contributed by atoms with Crippen LogP contribution in [0, 0.1) is 0 Å². The smallest absolute Gasteiger partial charge is 0.223 e. The molecule has 1 aliphatic heterocycles. The van der Waals surface area contributed by atoms with Crippen LogP contribution in [0.3, 0.4) is 0 Å². The standard InChI is InChI=1S/C24H31N7O2S/c1-3-25-20-8-7-17(15-26-20)21-18-5-4-6-19-23(34-24(28-19)27-16(2)32)22(18)31(29-21)10-9-30-11-13-33-14-12-30/h7-8,15H,3-6,9-14H2,1-2H3,(H,25,26)(H,27,28,32). The molecule has 0 radical (unpaired) electrons. The highest BCUT2D eigenvalue weighted by Gasteiger charge is 2.28. The van der Waals surface area contributed by atoms with Crippen LogP contribution < -0.4 is 10.6 Å². The molecule has 1 fully saturated rings. The fourth-order valence-electron chi connectivity index (χ4n) is 4.61. The first-order valence-electron chi connectivity index (χ1n) is 12.0. The minimum atomic E-state index is -0.0995. The van der Waals surface area contributed by atoms with E-state index < -0.39 is 0 Å². The summed E-state index contributed by atoms with van der Waals surface area (Å²) in [5.41, 5.74) is 5.46. The number of morpholine rings is 1. The Labute approximate surface area is 203 Å². The Morgan fingerprint density at radius 3 is 2.79 bits per heavy atom. The van der Waals surface area contributed by atoms with Gasteiger partial charge < -0.3 is 15.4 Å². The van der Waals surface area contributed by atoms with Gasteiger partial charge in [-0.2, -0.15) is 5.10 Å². The first-order valence-corrected chi connectivity index (χ1v) is 12.8. The molecule has 3 aromatic heterocycles. The zero-order chi connectivity index (χ0) is 23.5. The predicted octanol–water partition coefficient (Wildman–Crippen LogP) is 3.28. The van der Waals surface area contributed by atoms with Gasteiger partial charge in [0.25, 0.3) is 0 Å². The van der Waals surface area contributed by atoms with Gasteiger partial charge in [0.2, 0.25) is 5.91 Å². The summed E-state index contributed by atoms with van der Waals surface area (Å²) in [6.07, 6.45) is 4.73. The van der Waals surface area contributed by atoms with Gasteiger partial charge >= 0.3 is 0 Å². The molecule has 3 aromatic rings. The van der Waals surface area contributed by atoms with Gasteiger partial charge in [-0.05, 0) is 38.3 Å². The van der Waals surface area contributed by atoms with Crippen molar-refractivity contribution in [1.82, 2.24) is 24.6 Å². The van der Waals surface area contributed by atoms with Crippen LogP contribution in [0.4, 0.5) is 10.9 Å². The zero-order valence-electron chi connectivity index (χ0n) is 19.8. The number of aryl methyl sites for hydroxylation is 1. The van der Waals surface area contributed by atoms with Crippen molar-refractivity contribution in [2.75, 3.05) is 50.0 Å². The number of anilines is 2. The van der Waals surface area contributed by atoms with E-state index in [0.29, 0.717) is 5.13 Å². The van der Waals surface area contributed by atoms with Crippen LogP contribution in [0.5, 0.6) is 0 Å². The topological polar surface area (TPSA) is 97.2 Å². The maximum Gasteiger partial charge on any atom is 0.223 e. The lowest BCUT2D eigenvalue weighted by molar-refractivity contribution is -0.114. The average molecular weight is 482 g/mol. The minimum absolute atomic E-state index is 0.0995. The van der Waals surface area contributed by atoms with Crippen LogP contribution in [-0.2, 0) is 28.9 Å². The van der Waals surface area contributed by atoms with E-state index in [1.807, 2.05) is 12.3 Å². The van der Waals surface area contributed by atoms with E-state index in [9.17, 15) is 4.79 Å². The van der Waals surface area contributed by atoms with Gasteiger partial charge in [-0.3, -0.25) is 14.4 Å². The van der Waals surface area contributed by atoms with Crippen LogP contribution in [0.1, 0.15) is 31.5 Å². The van der Waals surface area contributed by atoms with E-state index >= 15 is 0 Å². The fourth-order valence-corrected chi connectivity index (χ4v) is 5.74. The Kier molecular flexibility index (Phi) is 6.89. The van der Waals surface area contributed by atoms with Gasteiger partial charge in [-0.15, -0.1) is 0 Å². The van der Waals surface area contributed by atoms with E-state index in [0.717, 1.165) is 98.5 Å². The molecule has 0 bridgehead atoms. The van der Waals surface area contributed by atoms with Crippen molar-refractivity contribution in [3.63, 3.8) is 0 Å². The molecule has 10 heteroatoms. The van der Waals surface area contributed by atoms with Crippen molar-refractivity contribution < 1.29 is 9.53 Å². The normalized spacial score (nSPS) is 15.9. The van der Waals surface area contributed by atoms with E-state index in [2.05, 4.69) is 38.2 Å². The Morgan fingerprint density at radius 2 is 2.06 bits per heavy atom. The Balaban J connectivity index is 1.55. The molecule has 1 amide bonds. The Bertz CT molecular complexity index is 1150. The summed E-state index contributed by atoms with van der Waals surface area (Å²) in [6.45, 7) is 9.59. The molecule has 0 atom stereocenters. The largest absolute Gasteiger partial charge is 0.379 e. The number of nitrogens with one attached hydrogen (secondary N) is 2. The molecule has 0 saturated carbocycles. The highest BCUT2D eigenvalue weighted by molar-refractivity contribution is 7.19. The number of carbonyl (C=O) groups is 1. The van der Waals surface area contributed by atoms with Crippen molar-refractivity contribution >= 4 is 28.2 Å². The van der Waals surface area contributed by atoms with Gasteiger partial charge in [0, 0.05) is 50.4 Å². The molecule has 180 valence electrons. The number of thiazole rings is 1. The molecule has 4 heterocycles. The summed E-state index contributed by atoms with van der Waals surface area (Å²) < 4.78 is 7.66. The number of rotatable bonds is 7. The number of hydrogen-bond donors (Lipinski definition) is 2. The second-order valence-corrected chi connectivity index (χ2v) is 9.64. The highest BCUT2D eigenvalue weighted by atomic mass is 32.1. The Morgan fingerprint density at radius 1 is 1.21 bits per heavy atom. The summed E-state index contributed by atoms with van der Waals surface area (Å²) in [5.74, 6) is 0.770. The Hall–Kier alpha value is -2.82. The van der Waals surface area contributed by atoms with Crippen molar-refractivity contribution in [2.24, 2.45) is 0 Å². The molecular formula is C24H31N7O2S. The monoisotopic (exact) mass is 481 g/mol. The van der Waals surface area contributed by atoms with Gasteiger partial charge in [0.05, 0.1) is 41.7 Å². The first kappa shape index (κ1) is 22.9. The third kappa shape index (κ3) is 4.84. The molecule has 34 heavy (non-hydrogen) atoms. The number of aromatic nitrogens is 4. The summed E-state index contributed by atoms with van der Waals surface area (Å²) in [6, 6.07) is 4.11. The van der Waals surface area contributed by atoms with Gasteiger partial charge in [-0.25, -0.2) is 9.97 Å². The minimum Gasteiger partial charge on any atom is -0.379 e. The number of ether oxygens (including phenoxy) is 1. The molecule has 0 aromatic carbocycles. The predicted molar refractivity (Wildman–Crippen MR) is 134 cm³/mol. The maximum atomic E-state index is 11.7. The molecule has 2 N–H and O–H groups in total. The zero-order valence-corrected chi connectivity index (χ0v) is 20.6. The number of nitrogens with zero attached hydrogens (tertiary/aromatic N) is 5. The second-order valence-electron chi connectivity index (χ2n) is 8.64. The van der Waals surface area contributed by atoms with Crippen LogP contribution in [0.15, 0.2) is 18.3 Å². The first-order chi connectivity index (χ1) is 16.6. The van der Waals surface area contributed by atoms with E-state index in [-0.39, 0.29) is 5.91 Å². The molecule has 5 rings (SSSR count). The van der Waals surface area contributed by atoms with Gasteiger partial charge in [0.1, 0.15) is 5.82 Å². The lowest BCUT2D eigenvalue weighted by atomic mass is 10.0. The quantitative estimate of drug-likeness (QED) is 0.534. The summed E-state index contributed by atoms with van der Waals surface area (Å²) in [4.78, 5) is 24.5. The third-order valence-corrected chi connectivity index (χ3v) is 7.23. The number of pyridine rings is 1. The SMILES string of the molecule is CCNc1ccc(-c2nn(CCN3CCOCC3)c3c2CCCc2nc(NC(C)=O)sc2-3)cn1. The lowest BCUT2D eigenvalue weighted by Gasteiger charge is -2.26.